The molecular weight excluding hydrogens is 498 g/mol. The molecule has 0 aliphatic carbocycles. The van der Waals surface area contributed by atoms with E-state index in [0.29, 0.717) is 36.5 Å². The Morgan fingerprint density at radius 3 is 2.72 bits per heavy atom. The second-order valence-electron chi connectivity index (χ2n) is 10.4. The van der Waals surface area contributed by atoms with Crippen LogP contribution < -0.4 is 15.0 Å². The summed E-state index contributed by atoms with van der Waals surface area (Å²) in [7, 11) is 1.62. The number of para-hydroxylation sites is 1. The summed E-state index contributed by atoms with van der Waals surface area (Å²) in [6.07, 6.45) is 1.41. The minimum absolute atomic E-state index is 0.299. The smallest absolute Gasteiger partial charge is 0.332 e. The van der Waals surface area contributed by atoms with Crippen molar-refractivity contribution < 1.29 is 23.9 Å². The van der Waals surface area contributed by atoms with Gasteiger partial charge in [0.15, 0.2) is 5.54 Å². The molecule has 0 radical (unpaired) electrons. The van der Waals surface area contributed by atoms with Crippen molar-refractivity contribution in [3.05, 3.63) is 59.3 Å². The minimum Gasteiger partial charge on any atom is -0.497 e. The maximum Gasteiger partial charge on any atom is 0.332 e. The van der Waals surface area contributed by atoms with Crippen LogP contribution in [0.3, 0.4) is 0 Å². The van der Waals surface area contributed by atoms with E-state index in [1.54, 1.807) is 43.2 Å². The van der Waals surface area contributed by atoms with E-state index in [1.807, 2.05) is 18.2 Å². The van der Waals surface area contributed by atoms with Gasteiger partial charge >= 0.3 is 6.03 Å². The second kappa shape index (κ2) is 10.0. The molecule has 2 fully saturated rings. The molecule has 0 spiro atoms. The number of H-pyrrole nitrogens is 1. The van der Waals surface area contributed by atoms with E-state index in [-0.39, 0.29) is 11.8 Å². The van der Waals surface area contributed by atoms with E-state index in [1.165, 1.54) is 4.90 Å². The van der Waals surface area contributed by atoms with Crippen LogP contribution in [0.1, 0.15) is 35.0 Å². The second-order valence-corrected chi connectivity index (χ2v) is 10.4. The van der Waals surface area contributed by atoms with Crippen LogP contribution in [-0.2, 0) is 21.5 Å². The molecule has 2 saturated heterocycles. The highest BCUT2D eigenvalue weighted by Gasteiger charge is 2.59. The third-order valence-corrected chi connectivity index (χ3v) is 8.20. The molecule has 6 rings (SSSR count). The number of methoxy groups -OCH3 is 1. The Morgan fingerprint density at radius 1 is 1.13 bits per heavy atom. The van der Waals surface area contributed by atoms with Crippen LogP contribution in [0.15, 0.2) is 42.5 Å². The molecule has 0 saturated carbocycles. The van der Waals surface area contributed by atoms with Crippen molar-refractivity contribution in [1.82, 2.24) is 20.1 Å². The molecular formula is C29H33N5O5. The number of imide groups is 1. The molecule has 4 amide bonds. The molecule has 1 atom stereocenters. The fourth-order valence-corrected chi connectivity index (χ4v) is 6.04. The molecule has 1 aromatic heterocycles. The zero-order valence-electron chi connectivity index (χ0n) is 22.3. The molecule has 2 aromatic carbocycles. The molecule has 3 aromatic rings. The lowest BCUT2D eigenvalue weighted by atomic mass is 9.87. The van der Waals surface area contributed by atoms with Gasteiger partial charge in [-0.15, -0.1) is 0 Å². The number of carbonyl (C=O) groups is 3. The SMILES string of the molecule is COc1ccc2[nH]c3c(c2c1)CCN1C(=O)N(c2ccccc2C(=O)NCCCN2CCOCC2)C(=O)[C@]31C. The van der Waals surface area contributed by atoms with Crippen LogP contribution in [0.2, 0.25) is 0 Å². The first-order valence-corrected chi connectivity index (χ1v) is 13.5. The van der Waals surface area contributed by atoms with Gasteiger partial charge in [-0.3, -0.25) is 14.5 Å². The number of morpholine rings is 1. The lowest BCUT2D eigenvalue weighted by Gasteiger charge is -2.35. The van der Waals surface area contributed by atoms with Crippen LogP contribution >= 0.6 is 0 Å². The Bertz CT molecular complexity index is 1450. The van der Waals surface area contributed by atoms with Gasteiger partial charge in [-0.25, -0.2) is 9.69 Å². The number of ether oxygens (including phenoxy) is 2. The maximum absolute atomic E-state index is 14.1. The van der Waals surface area contributed by atoms with Crippen molar-refractivity contribution in [2.45, 2.75) is 25.3 Å². The lowest BCUT2D eigenvalue weighted by Crippen LogP contribution is -2.49. The van der Waals surface area contributed by atoms with Gasteiger partial charge in [0.2, 0.25) is 0 Å². The van der Waals surface area contributed by atoms with Crippen LogP contribution in [0.25, 0.3) is 10.9 Å². The number of nitrogens with one attached hydrogen (secondary N) is 2. The Kier molecular flexibility index (Phi) is 6.52. The minimum atomic E-state index is -1.21. The van der Waals surface area contributed by atoms with Crippen molar-refractivity contribution in [2.75, 3.05) is 57.9 Å². The zero-order chi connectivity index (χ0) is 27.1. The third-order valence-electron chi connectivity index (χ3n) is 8.20. The van der Waals surface area contributed by atoms with E-state index in [0.717, 1.165) is 61.5 Å². The van der Waals surface area contributed by atoms with Gasteiger partial charge in [-0.1, -0.05) is 12.1 Å². The summed E-state index contributed by atoms with van der Waals surface area (Å²) in [5.74, 6) is 0.0540. The summed E-state index contributed by atoms with van der Waals surface area (Å²) in [5.41, 5.74) is 2.00. The number of urea groups is 1. The number of amides is 4. The summed E-state index contributed by atoms with van der Waals surface area (Å²) < 4.78 is 10.8. The van der Waals surface area contributed by atoms with Crippen LogP contribution in [0.4, 0.5) is 10.5 Å². The predicted molar refractivity (Wildman–Crippen MR) is 146 cm³/mol. The first-order valence-electron chi connectivity index (χ1n) is 13.5. The van der Waals surface area contributed by atoms with Gasteiger partial charge in [0.05, 0.1) is 37.3 Å². The van der Waals surface area contributed by atoms with Crippen molar-refractivity contribution in [3.63, 3.8) is 0 Å². The van der Waals surface area contributed by atoms with Crippen LogP contribution in [-0.4, -0.2) is 85.7 Å². The number of benzene rings is 2. The molecule has 0 unspecified atom stereocenters. The molecule has 10 nitrogen and oxygen atoms in total. The molecule has 39 heavy (non-hydrogen) atoms. The van der Waals surface area contributed by atoms with Gasteiger partial charge in [0, 0.05) is 37.1 Å². The van der Waals surface area contributed by atoms with Gasteiger partial charge in [0.25, 0.3) is 11.8 Å². The molecule has 4 heterocycles. The third kappa shape index (κ3) is 4.15. The van der Waals surface area contributed by atoms with E-state index >= 15 is 0 Å². The Labute approximate surface area is 226 Å². The summed E-state index contributed by atoms with van der Waals surface area (Å²) in [6, 6.07) is 12.1. The highest BCUT2D eigenvalue weighted by atomic mass is 16.5. The number of rotatable bonds is 7. The highest BCUT2D eigenvalue weighted by Crippen LogP contribution is 2.46. The highest BCUT2D eigenvalue weighted by molar-refractivity contribution is 6.25. The Morgan fingerprint density at radius 2 is 1.92 bits per heavy atom. The number of hydrogen-bond acceptors (Lipinski definition) is 6. The normalized spacial score (nSPS) is 21.3. The molecule has 3 aliphatic heterocycles. The predicted octanol–water partition coefficient (Wildman–Crippen LogP) is 2.87. The number of carbonyl (C=O) groups excluding carboxylic acids is 3. The monoisotopic (exact) mass is 531 g/mol. The molecule has 10 heteroatoms. The average Bonchev–Trinajstić information content (AvgIpc) is 3.43. The molecule has 204 valence electrons. The number of aromatic nitrogens is 1. The zero-order valence-corrected chi connectivity index (χ0v) is 22.3. The van der Waals surface area contributed by atoms with Crippen LogP contribution in [0.5, 0.6) is 5.75 Å². The van der Waals surface area contributed by atoms with Gasteiger partial charge in [-0.05, 0) is 62.2 Å². The van der Waals surface area contributed by atoms with E-state index < -0.39 is 11.6 Å². The molecule has 3 aliphatic rings. The van der Waals surface area contributed by atoms with Gasteiger partial charge < -0.3 is 24.7 Å². The number of fused-ring (bicyclic) bond motifs is 5. The topological polar surface area (TPSA) is 107 Å². The first kappa shape index (κ1) is 25.4. The van der Waals surface area contributed by atoms with E-state index in [2.05, 4.69) is 15.2 Å². The number of aromatic amines is 1. The summed E-state index contributed by atoms with van der Waals surface area (Å²) >= 11 is 0. The van der Waals surface area contributed by atoms with Crippen molar-refractivity contribution in [1.29, 1.82) is 0 Å². The summed E-state index contributed by atoms with van der Waals surface area (Å²) in [5, 5.41) is 3.96. The number of anilines is 1. The molecule has 0 bridgehead atoms. The fraction of sp³-hybridized carbons (Fsp3) is 0.414. The lowest BCUT2D eigenvalue weighted by molar-refractivity contribution is -0.125. The van der Waals surface area contributed by atoms with Gasteiger partial charge in [0.1, 0.15) is 5.75 Å². The van der Waals surface area contributed by atoms with E-state index in [9.17, 15) is 14.4 Å². The van der Waals surface area contributed by atoms with Gasteiger partial charge in [-0.2, -0.15) is 0 Å². The van der Waals surface area contributed by atoms with Crippen molar-refractivity contribution in [3.8, 4) is 5.75 Å². The van der Waals surface area contributed by atoms with Crippen LogP contribution in [0, 0.1) is 0 Å². The standard InChI is InChI=1S/C29H33N5O5/c1-29-25-20(22-18-19(38-2)8-9-23(22)31-25)10-13-33(29)28(37)34(27(29)36)24-7-4-3-6-21(24)26(35)30-11-5-12-32-14-16-39-17-15-32/h3-4,6-9,18,31H,5,10-17H2,1-2H3,(H,30,35)/t29-/m0/s1. The Hall–Kier alpha value is -3.89. The number of hydrogen-bond donors (Lipinski definition) is 2. The van der Waals surface area contributed by atoms with Crippen molar-refractivity contribution >= 4 is 34.4 Å². The quantitative estimate of drug-likeness (QED) is 0.359. The summed E-state index contributed by atoms with van der Waals surface area (Å²) in [6.45, 7) is 6.83. The average molecular weight is 532 g/mol. The number of nitrogens with zero attached hydrogens (tertiary/aromatic N) is 3. The fourth-order valence-electron chi connectivity index (χ4n) is 6.04. The van der Waals surface area contributed by atoms with Crippen molar-refractivity contribution in [2.24, 2.45) is 0 Å². The van der Waals surface area contributed by atoms with E-state index in [4.69, 9.17) is 9.47 Å². The Balaban J connectivity index is 1.26. The maximum atomic E-state index is 14.1. The largest absolute Gasteiger partial charge is 0.497 e. The summed E-state index contributed by atoms with van der Waals surface area (Å²) in [4.78, 5) is 49.6. The molecule has 2 N–H and O–H groups in total. The first-order chi connectivity index (χ1) is 18.9.